The molecule has 6 nitrogen and oxygen atoms in total. The molecule has 16 heavy (non-hydrogen) atoms. The summed E-state index contributed by atoms with van der Waals surface area (Å²) in [6, 6.07) is 0. The van der Waals surface area contributed by atoms with Crippen LogP contribution in [0.2, 0.25) is 0 Å². The van der Waals surface area contributed by atoms with Crippen molar-refractivity contribution >= 4 is 17.4 Å². The lowest BCUT2D eigenvalue weighted by Gasteiger charge is -2.41. The maximum absolute atomic E-state index is 11.9. The summed E-state index contributed by atoms with van der Waals surface area (Å²) in [7, 11) is 0. The van der Waals surface area contributed by atoms with E-state index in [1.54, 1.807) is 20.8 Å². The second-order valence-corrected chi connectivity index (χ2v) is 6.01. The molecule has 1 amide bonds. The molecular weight excluding hydrogens is 234 g/mol. The Morgan fingerprint density at radius 2 is 2.00 bits per heavy atom. The van der Waals surface area contributed by atoms with Crippen LogP contribution in [0, 0.1) is 0 Å². The first-order valence-electron chi connectivity index (χ1n) is 5.00. The van der Waals surface area contributed by atoms with Crippen molar-refractivity contribution in [3.63, 3.8) is 0 Å². The number of rotatable bonds is 0. The van der Waals surface area contributed by atoms with Crippen LogP contribution in [-0.2, 0) is 24.9 Å². The van der Waals surface area contributed by atoms with Crippen molar-refractivity contribution in [2.45, 2.75) is 31.9 Å². The molecule has 0 N–H and O–H groups in total. The molecule has 1 unspecified atom stereocenters. The number of hydrogen-bond acceptors (Lipinski definition) is 5. The first-order chi connectivity index (χ1) is 7.34. The van der Waals surface area contributed by atoms with Crippen LogP contribution >= 0.6 is 0 Å². The highest BCUT2D eigenvalue weighted by molar-refractivity contribution is 7.78. The molecule has 0 saturated carbocycles. The van der Waals surface area contributed by atoms with Gasteiger partial charge in [0.1, 0.15) is 11.1 Å². The third kappa shape index (κ3) is 1.94. The summed E-state index contributed by atoms with van der Waals surface area (Å²) < 4.78 is 27.9. The van der Waals surface area contributed by atoms with Gasteiger partial charge in [0.15, 0.2) is 0 Å². The first-order valence-corrected chi connectivity index (χ1v) is 6.03. The second-order valence-electron chi connectivity index (χ2n) is 4.97. The summed E-state index contributed by atoms with van der Waals surface area (Å²) in [4.78, 5) is 11.9. The third-order valence-electron chi connectivity index (χ3n) is 2.31. The first kappa shape index (κ1) is 11.8. The number of carbonyl (C=O) groups excluding carboxylic acids is 1. The number of nitrogens with zero attached hydrogens (tertiary/aromatic N) is 1. The van der Waals surface area contributed by atoms with Gasteiger partial charge >= 0.3 is 6.09 Å². The topological polar surface area (TPSA) is 65.1 Å². The van der Waals surface area contributed by atoms with Crippen LogP contribution in [0.25, 0.3) is 0 Å². The largest absolute Gasteiger partial charge is 0.443 e. The molecule has 0 aromatic heterocycles. The van der Waals surface area contributed by atoms with Gasteiger partial charge in [0.05, 0.1) is 19.8 Å². The van der Waals surface area contributed by atoms with Crippen LogP contribution in [0.4, 0.5) is 4.79 Å². The average molecular weight is 249 g/mol. The lowest BCUT2D eigenvalue weighted by molar-refractivity contribution is -0.108. The fraction of sp³-hybridized carbons (Fsp3) is 0.889. The fourth-order valence-electron chi connectivity index (χ4n) is 1.53. The van der Waals surface area contributed by atoms with Crippen molar-refractivity contribution in [3.05, 3.63) is 0 Å². The summed E-state index contributed by atoms with van der Waals surface area (Å²) >= 11 is -1.76. The molecule has 0 aromatic rings. The Labute approximate surface area is 96.6 Å². The molecule has 1 atom stereocenters. The lowest BCUT2D eigenvalue weighted by atomic mass is 9.99. The molecule has 0 aliphatic carbocycles. The smallest absolute Gasteiger partial charge is 0.424 e. The van der Waals surface area contributed by atoms with E-state index in [1.165, 1.54) is 0 Å². The van der Waals surface area contributed by atoms with Gasteiger partial charge in [-0.1, -0.05) is 0 Å². The highest BCUT2D eigenvalue weighted by atomic mass is 32.2. The van der Waals surface area contributed by atoms with E-state index >= 15 is 0 Å². The van der Waals surface area contributed by atoms with E-state index in [4.69, 9.17) is 13.7 Å². The van der Waals surface area contributed by atoms with Gasteiger partial charge in [-0.25, -0.2) is 9.00 Å². The molecule has 7 heteroatoms. The Morgan fingerprint density at radius 1 is 1.38 bits per heavy atom. The fourth-order valence-corrected chi connectivity index (χ4v) is 2.58. The van der Waals surface area contributed by atoms with Crippen LogP contribution in [-0.4, -0.2) is 45.6 Å². The number of carbonyl (C=O) groups is 1. The minimum atomic E-state index is -1.76. The maximum Gasteiger partial charge on any atom is 0.424 e. The summed E-state index contributed by atoms with van der Waals surface area (Å²) in [5.74, 6) is 0. The van der Waals surface area contributed by atoms with E-state index < -0.39 is 28.5 Å². The Balaban J connectivity index is 2.12. The average Bonchev–Trinajstić information content (AvgIpc) is 2.38. The minimum Gasteiger partial charge on any atom is -0.443 e. The molecule has 2 rings (SSSR count). The maximum atomic E-state index is 11.9. The van der Waals surface area contributed by atoms with Crippen molar-refractivity contribution in [1.82, 2.24) is 4.31 Å². The summed E-state index contributed by atoms with van der Waals surface area (Å²) in [6.07, 6.45) is -0.619. The van der Waals surface area contributed by atoms with Crippen molar-refractivity contribution in [3.8, 4) is 0 Å². The predicted octanol–water partition coefficient (Wildman–Crippen LogP) is 0.601. The highest BCUT2D eigenvalue weighted by Gasteiger charge is 2.56. The number of amides is 1. The van der Waals surface area contributed by atoms with Gasteiger partial charge in [-0.15, -0.1) is 0 Å². The normalized spacial score (nSPS) is 27.9. The van der Waals surface area contributed by atoms with E-state index in [1.807, 2.05) is 0 Å². The molecule has 92 valence electrons. The van der Waals surface area contributed by atoms with E-state index in [9.17, 15) is 9.00 Å². The van der Waals surface area contributed by atoms with E-state index in [0.29, 0.717) is 13.2 Å². The number of hydrogen-bond donors (Lipinski definition) is 0. The van der Waals surface area contributed by atoms with Gasteiger partial charge in [-0.3, -0.25) is 4.18 Å². The van der Waals surface area contributed by atoms with Gasteiger partial charge in [0.25, 0.3) is 11.3 Å². The second kappa shape index (κ2) is 3.68. The Morgan fingerprint density at radius 3 is 2.44 bits per heavy atom. The molecule has 2 aliphatic rings. The Bertz CT molecular complexity index is 333. The summed E-state index contributed by atoms with van der Waals surface area (Å²) in [5.41, 5.74) is -1.21. The van der Waals surface area contributed by atoms with Crippen LogP contribution in [0.3, 0.4) is 0 Å². The van der Waals surface area contributed by atoms with Crippen LogP contribution in [0.5, 0.6) is 0 Å². The van der Waals surface area contributed by atoms with Gasteiger partial charge in [-0.2, -0.15) is 4.31 Å². The zero-order valence-corrected chi connectivity index (χ0v) is 10.3. The SMILES string of the molecule is CC(C)(C)OC(=O)N1S(=O)OCC12COC2. The van der Waals surface area contributed by atoms with E-state index in [2.05, 4.69) is 0 Å². The standard InChI is InChI=1S/C9H15NO5S/c1-8(2,3)15-7(11)10-9(4-13-5-9)6-14-16(10)12/h4-6H2,1-3H3. The molecule has 2 saturated heterocycles. The molecule has 1 spiro atoms. The van der Waals surface area contributed by atoms with Gasteiger partial charge in [0, 0.05) is 0 Å². The van der Waals surface area contributed by atoms with Gasteiger partial charge in [-0.05, 0) is 20.8 Å². The minimum absolute atomic E-state index is 0.235. The summed E-state index contributed by atoms with van der Waals surface area (Å²) in [5, 5.41) is 0. The molecule has 0 bridgehead atoms. The van der Waals surface area contributed by atoms with Crippen LogP contribution in [0.15, 0.2) is 0 Å². The van der Waals surface area contributed by atoms with Crippen molar-refractivity contribution in [2.75, 3.05) is 19.8 Å². The molecule has 0 radical (unpaired) electrons. The Hall–Kier alpha value is -0.660. The van der Waals surface area contributed by atoms with Crippen molar-refractivity contribution < 1.29 is 22.7 Å². The van der Waals surface area contributed by atoms with E-state index in [0.717, 1.165) is 4.31 Å². The monoisotopic (exact) mass is 249 g/mol. The van der Waals surface area contributed by atoms with Crippen LogP contribution in [0.1, 0.15) is 20.8 Å². The van der Waals surface area contributed by atoms with Crippen molar-refractivity contribution in [2.24, 2.45) is 0 Å². The highest BCUT2D eigenvalue weighted by Crippen LogP contribution is 2.34. The number of ether oxygens (including phenoxy) is 2. The molecule has 2 heterocycles. The molecule has 0 aromatic carbocycles. The van der Waals surface area contributed by atoms with E-state index in [-0.39, 0.29) is 6.61 Å². The van der Waals surface area contributed by atoms with Gasteiger partial charge in [0.2, 0.25) is 0 Å². The molecule has 2 aliphatic heterocycles. The Kier molecular flexibility index (Phi) is 2.72. The third-order valence-corrected chi connectivity index (χ3v) is 3.46. The zero-order valence-electron chi connectivity index (χ0n) is 9.52. The lowest BCUT2D eigenvalue weighted by Crippen LogP contribution is -2.62. The summed E-state index contributed by atoms with van der Waals surface area (Å²) in [6.45, 7) is 6.20. The van der Waals surface area contributed by atoms with Crippen LogP contribution < -0.4 is 0 Å². The zero-order chi connectivity index (χ0) is 12.0. The molecular formula is C9H15NO5S. The predicted molar refractivity (Wildman–Crippen MR) is 55.7 cm³/mol. The molecule has 2 fully saturated rings. The van der Waals surface area contributed by atoms with Gasteiger partial charge < -0.3 is 9.47 Å². The van der Waals surface area contributed by atoms with Crippen molar-refractivity contribution in [1.29, 1.82) is 0 Å². The quantitative estimate of drug-likeness (QED) is 0.629.